The molecule has 0 fully saturated rings. The minimum absolute atomic E-state index is 0.0929. The third-order valence-electron chi connectivity index (χ3n) is 5.90. The number of phenolic OH excluding ortho intramolecular Hbond substituents is 1. The largest absolute Gasteiger partial charge is 0.507 e. The number of hydrogen-bond donors (Lipinski definition) is 5. The van der Waals surface area contributed by atoms with Crippen LogP contribution in [0.5, 0.6) is 11.5 Å². The molecule has 0 aliphatic heterocycles. The third kappa shape index (κ3) is 6.18. The number of nitrogens with two attached hydrogens (primary N) is 1. The minimum Gasteiger partial charge on any atom is -0.507 e. The fourth-order valence-electron chi connectivity index (χ4n) is 3.83. The highest BCUT2D eigenvalue weighted by molar-refractivity contribution is 7.86. The summed E-state index contributed by atoms with van der Waals surface area (Å²) in [6.45, 7) is 1.69. The number of rotatable bonds is 8. The number of nitrogen functional groups attached to an aromatic ring is 1. The molecule has 0 bridgehead atoms. The molecule has 0 unspecified atom stereocenters. The van der Waals surface area contributed by atoms with Crippen molar-refractivity contribution in [2.24, 2.45) is 20.5 Å². The zero-order chi connectivity index (χ0) is 31.0. The van der Waals surface area contributed by atoms with E-state index >= 15 is 0 Å². The molecule has 0 aliphatic rings. The van der Waals surface area contributed by atoms with Gasteiger partial charge in [-0.05, 0) is 55.0 Å². The number of aryl methyl sites for hydroxylation is 1. The first-order chi connectivity index (χ1) is 19.6. The van der Waals surface area contributed by atoms with E-state index in [1.54, 1.807) is 6.92 Å². The van der Waals surface area contributed by atoms with Crippen molar-refractivity contribution < 1.29 is 45.7 Å². The average Bonchev–Trinajstić information content (AvgIpc) is 2.90. The molecule has 0 radical (unpaired) electrons. The molecule has 4 rings (SSSR count). The van der Waals surface area contributed by atoms with Gasteiger partial charge in [0.15, 0.2) is 0 Å². The van der Waals surface area contributed by atoms with Gasteiger partial charge in [-0.25, -0.2) is 4.79 Å². The smallest absolute Gasteiger partial charge is 0.335 e. The van der Waals surface area contributed by atoms with E-state index in [4.69, 9.17) is 15.6 Å². The van der Waals surface area contributed by atoms with Crippen LogP contribution in [0.25, 0.3) is 10.8 Å². The maximum Gasteiger partial charge on any atom is 0.335 e. The lowest BCUT2D eigenvalue weighted by Crippen LogP contribution is -2.04. The van der Waals surface area contributed by atoms with Gasteiger partial charge in [0, 0.05) is 17.5 Å². The Morgan fingerprint density at radius 1 is 0.833 bits per heavy atom. The molecule has 0 heterocycles. The molecule has 218 valence electrons. The van der Waals surface area contributed by atoms with Gasteiger partial charge in [-0.1, -0.05) is 0 Å². The van der Waals surface area contributed by atoms with E-state index < -0.39 is 47.1 Å². The summed E-state index contributed by atoms with van der Waals surface area (Å²) in [5, 5.41) is 34.9. The fraction of sp³-hybridized carbons (Fsp3) is 0.0800. The van der Waals surface area contributed by atoms with Gasteiger partial charge in [0.1, 0.15) is 27.8 Å². The van der Waals surface area contributed by atoms with Crippen LogP contribution >= 0.6 is 0 Å². The molecule has 42 heavy (non-hydrogen) atoms. The van der Waals surface area contributed by atoms with Gasteiger partial charge >= 0.3 is 5.97 Å². The minimum atomic E-state index is -5.01. The second-order valence-corrected chi connectivity index (χ2v) is 11.5. The lowest BCUT2D eigenvalue weighted by Gasteiger charge is -2.12. The van der Waals surface area contributed by atoms with E-state index in [-0.39, 0.29) is 33.8 Å². The van der Waals surface area contributed by atoms with Crippen molar-refractivity contribution in [3.05, 3.63) is 65.7 Å². The highest BCUT2D eigenvalue weighted by atomic mass is 32.2. The van der Waals surface area contributed by atoms with Crippen molar-refractivity contribution in [3.8, 4) is 11.5 Å². The normalized spacial score (nSPS) is 12.4. The van der Waals surface area contributed by atoms with Crippen molar-refractivity contribution in [2.75, 3.05) is 12.8 Å². The van der Waals surface area contributed by atoms with Crippen LogP contribution in [-0.2, 0) is 20.2 Å². The Balaban J connectivity index is 1.78. The summed E-state index contributed by atoms with van der Waals surface area (Å²) in [6, 6.07) is 11.0. The van der Waals surface area contributed by atoms with E-state index in [9.17, 15) is 35.8 Å². The summed E-state index contributed by atoms with van der Waals surface area (Å²) < 4.78 is 71.9. The molecule has 0 saturated carbocycles. The van der Waals surface area contributed by atoms with Crippen LogP contribution in [0.4, 0.5) is 28.4 Å². The lowest BCUT2D eigenvalue weighted by atomic mass is 10.1. The zero-order valence-corrected chi connectivity index (χ0v) is 23.3. The number of anilines is 1. The number of nitrogens with zero attached hydrogens (tertiary/aromatic N) is 4. The van der Waals surface area contributed by atoms with Crippen molar-refractivity contribution in [1.82, 2.24) is 0 Å². The monoisotopic (exact) mass is 615 g/mol. The van der Waals surface area contributed by atoms with Gasteiger partial charge in [-0.2, -0.15) is 27.1 Å². The number of aromatic hydroxyl groups is 1. The molecule has 0 saturated heterocycles. The van der Waals surface area contributed by atoms with E-state index in [1.165, 1.54) is 43.5 Å². The number of ether oxygens (including phenoxy) is 1. The molecule has 0 spiro atoms. The maximum atomic E-state index is 12.1. The van der Waals surface area contributed by atoms with E-state index in [0.717, 1.165) is 12.1 Å². The summed E-state index contributed by atoms with van der Waals surface area (Å²) in [5.74, 6) is -1.71. The fourth-order valence-corrected chi connectivity index (χ4v) is 5.06. The van der Waals surface area contributed by atoms with Crippen LogP contribution in [0, 0.1) is 6.92 Å². The third-order valence-corrected chi connectivity index (χ3v) is 7.62. The molecule has 0 aliphatic carbocycles. The number of benzene rings is 4. The molecule has 0 atom stereocenters. The summed E-state index contributed by atoms with van der Waals surface area (Å²) in [5.41, 5.74) is 7.08. The molecule has 6 N–H and O–H groups in total. The van der Waals surface area contributed by atoms with Crippen LogP contribution < -0.4 is 10.5 Å². The molecular formula is C25H21N5O10S2. The molecular weight excluding hydrogens is 594 g/mol. The quantitative estimate of drug-likeness (QED) is 0.0943. The number of carboxylic acids is 1. The van der Waals surface area contributed by atoms with Gasteiger partial charge in [0.25, 0.3) is 20.2 Å². The number of aromatic carboxylic acids is 1. The van der Waals surface area contributed by atoms with E-state index in [0.29, 0.717) is 23.0 Å². The first-order valence-corrected chi connectivity index (χ1v) is 14.4. The standard InChI is InChI=1S/C25H21N5O10S2/c1-12-7-18(21(40-2)10-17(12)28-27-14-5-3-13(4-6-14)25(32)33)29-30-19-11-22(42(37,38)39)16-8-15(41(34,35)36)9-20(31)23(16)24(19)26/h3-11,31H,26H2,1-2H3,(H,32,33)(H,34,35,36)(H,37,38,39)/b28-27+,30-29+. The number of carboxylic acid groups (broad SMARTS) is 1. The second kappa shape index (κ2) is 11.1. The summed E-state index contributed by atoms with van der Waals surface area (Å²) >= 11 is 0. The number of hydrogen-bond acceptors (Lipinski definition) is 12. The van der Waals surface area contributed by atoms with Crippen LogP contribution in [0.15, 0.2) is 84.8 Å². The number of azo groups is 2. The first kappa shape index (κ1) is 30.0. The highest BCUT2D eigenvalue weighted by Crippen LogP contribution is 2.43. The molecule has 0 amide bonds. The molecule has 4 aromatic rings. The first-order valence-electron chi connectivity index (χ1n) is 11.5. The van der Waals surface area contributed by atoms with Crippen molar-refractivity contribution in [3.63, 3.8) is 0 Å². The van der Waals surface area contributed by atoms with Gasteiger partial charge in [0.2, 0.25) is 0 Å². The van der Waals surface area contributed by atoms with Crippen molar-refractivity contribution >= 4 is 65.4 Å². The SMILES string of the molecule is COc1cc(/N=N/c2ccc(C(=O)O)cc2)c(C)cc1/N=N/c1cc(S(=O)(=O)O)c2cc(S(=O)(=O)O)cc(O)c2c1N. The Morgan fingerprint density at radius 2 is 1.45 bits per heavy atom. The van der Waals surface area contributed by atoms with Crippen LogP contribution in [0.3, 0.4) is 0 Å². The summed E-state index contributed by atoms with van der Waals surface area (Å²) in [7, 11) is -8.52. The van der Waals surface area contributed by atoms with Crippen molar-refractivity contribution in [1.29, 1.82) is 0 Å². The molecule has 15 nitrogen and oxygen atoms in total. The van der Waals surface area contributed by atoms with Crippen LogP contribution in [0.1, 0.15) is 15.9 Å². The van der Waals surface area contributed by atoms with Gasteiger partial charge in [-0.15, -0.1) is 10.2 Å². The second-order valence-electron chi connectivity index (χ2n) is 8.69. The van der Waals surface area contributed by atoms with Crippen LogP contribution in [-0.4, -0.2) is 49.2 Å². The number of phenols is 1. The average molecular weight is 616 g/mol. The van der Waals surface area contributed by atoms with Crippen molar-refractivity contribution in [2.45, 2.75) is 16.7 Å². The Hall–Kier alpha value is -4.97. The van der Waals surface area contributed by atoms with Crippen LogP contribution in [0.2, 0.25) is 0 Å². The predicted molar refractivity (Wildman–Crippen MR) is 149 cm³/mol. The molecule has 0 aromatic heterocycles. The predicted octanol–water partition coefficient (Wildman–Crippen LogP) is 5.47. The van der Waals surface area contributed by atoms with Gasteiger partial charge < -0.3 is 20.7 Å². The Morgan fingerprint density at radius 3 is 2.02 bits per heavy atom. The molecule has 4 aromatic carbocycles. The highest BCUT2D eigenvalue weighted by Gasteiger charge is 2.24. The lowest BCUT2D eigenvalue weighted by molar-refractivity contribution is 0.0697. The summed E-state index contributed by atoms with van der Waals surface area (Å²) in [6.07, 6.45) is 0. The molecule has 17 heteroatoms. The zero-order valence-electron chi connectivity index (χ0n) is 21.6. The van der Waals surface area contributed by atoms with E-state index in [1.807, 2.05) is 0 Å². The summed E-state index contributed by atoms with van der Waals surface area (Å²) in [4.78, 5) is 9.33. The Labute approximate surface area is 238 Å². The maximum absolute atomic E-state index is 12.1. The Kier molecular flexibility index (Phi) is 7.95. The van der Waals surface area contributed by atoms with Gasteiger partial charge in [0.05, 0.1) is 40.0 Å². The number of carbonyl (C=O) groups is 1. The van der Waals surface area contributed by atoms with Gasteiger partial charge in [-0.3, -0.25) is 9.11 Å². The Bertz CT molecular complexity index is 2030. The number of methoxy groups -OCH3 is 1. The topological polar surface area (TPSA) is 251 Å². The van der Waals surface area contributed by atoms with E-state index in [2.05, 4.69) is 20.5 Å². The number of fused-ring (bicyclic) bond motifs is 1.